The summed E-state index contributed by atoms with van der Waals surface area (Å²) in [5, 5.41) is 0. The summed E-state index contributed by atoms with van der Waals surface area (Å²) in [4.78, 5) is 1.64. The molecule has 0 rings (SSSR count). The normalized spacial score (nSPS) is 7.60. The Morgan fingerprint density at radius 1 is 1.80 bits per heavy atom. The molecule has 0 fully saturated rings. The van der Waals surface area contributed by atoms with E-state index < -0.39 is 20.2 Å². The Morgan fingerprint density at radius 3 is 2.00 bits per heavy atom. The maximum atomic E-state index is 9.87. The van der Waals surface area contributed by atoms with E-state index in [-0.39, 0.29) is 0 Å². The van der Waals surface area contributed by atoms with Crippen molar-refractivity contribution < 1.29 is 6.15 Å². The summed E-state index contributed by atoms with van der Waals surface area (Å²) in [6, 6.07) is 0. The predicted octanol–water partition coefficient (Wildman–Crippen LogP) is 0.181. The minimum absolute atomic E-state index is 1.47. The van der Waals surface area contributed by atoms with Crippen molar-refractivity contribution in [3.8, 4) is 0 Å². The second-order valence-corrected chi connectivity index (χ2v) is 4.67. The van der Waals surface area contributed by atoms with E-state index in [1.165, 1.54) is 7.11 Å². The first-order valence-electron chi connectivity index (χ1n) is 1.32. The molecular formula is C2H6O2Sn. The molecule has 0 unspecified atom stereocenters. The second kappa shape index (κ2) is 2.78. The molecule has 0 saturated heterocycles. The first-order chi connectivity index (χ1) is 2.27. The molecule has 0 aromatic rings. The molecule has 0 radical (unpaired) electrons. The van der Waals surface area contributed by atoms with Gasteiger partial charge in [-0.05, 0) is 0 Å². The van der Waals surface area contributed by atoms with Gasteiger partial charge in [0.15, 0.2) is 0 Å². The first-order valence-corrected chi connectivity index (χ1v) is 6.50. The predicted molar refractivity (Wildman–Crippen MR) is 19.3 cm³/mol. The quantitative estimate of drug-likeness (QED) is 0.539. The average molecular weight is 181 g/mol. The van der Waals surface area contributed by atoms with Crippen molar-refractivity contribution in [2.24, 2.45) is 0 Å². The van der Waals surface area contributed by atoms with Crippen molar-refractivity contribution in [3.05, 3.63) is 0 Å². The van der Waals surface area contributed by atoms with Gasteiger partial charge in [-0.2, -0.15) is 0 Å². The van der Waals surface area contributed by atoms with Crippen LogP contribution in [0.15, 0.2) is 0 Å². The van der Waals surface area contributed by atoms with Gasteiger partial charge in [0.05, 0.1) is 0 Å². The molecule has 0 N–H and O–H groups in total. The molecule has 0 amide bonds. The molecule has 3 heteroatoms. The van der Waals surface area contributed by atoms with Crippen LogP contribution in [0.2, 0.25) is 4.94 Å². The molecule has 5 heavy (non-hydrogen) atoms. The fourth-order valence-corrected chi connectivity index (χ4v) is 0. The van der Waals surface area contributed by atoms with Crippen molar-refractivity contribution in [1.29, 1.82) is 0 Å². The van der Waals surface area contributed by atoms with Crippen molar-refractivity contribution in [2.75, 3.05) is 7.11 Å². The summed E-state index contributed by atoms with van der Waals surface area (Å²) in [6.07, 6.45) is 0. The molecular weight excluding hydrogens is 175 g/mol. The van der Waals surface area contributed by atoms with E-state index in [2.05, 4.69) is 3.07 Å². The first kappa shape index (κ1) is 5.56. The van der Waals surface area contributed by atoms with Crippen LogP contribution in [0.5, 0.6) is 0 Å². The van der Waals surface area contributed by atoms with Gasteiger partial charge >= 0.3 is 38.4 Å². The Kier molecular flexibility index (Phi) is 3.09. The van der Waals surface area contributed by atoms with Gasteiger partial charge < -0.3 is 0 Å². The topological polar surface area (TPSA) is 26.3 Å². The Bertz CT molecular complexity index is 42.9. The zero-order valence-corrected chi connectivity index (χ0v) is 6.17. The Labute approximate surface area is 38.8 Å². The van der Waals surface area contributed by atoms with E-state index in [1.807, 2.05) is 0 Å². The van der Waals surface area contributed by atoms with Crippen LogP contribution in [-0.4, -0.2) is 27.3 Å². The zero-order chi connectivity index (χ0) is 4.28. The van der Waals surface area contributed by atoms with Crippen molar-refractivity contribution in [3.63, 3.8) is 0 Å². The summed E-state index contributed by atoms with van der Waals surface area (Å²) >= 11 is -2.33. The van der Waals surface area contributed by atoms with E-state index >= 15 is 0 Å². The van der Waals surface area contributed by atoms with Gasteiger partial charge in [0, 0.05) is 0 Å². The summed E-state index contributed by atoms with van der Waals surface area (Å²) in [7, 11) is 1.47. The van der Waals surface area contributed by atoms with E-state index in [0.29, 0.717) is 0 Å². The van der Waals surface area contributed by atoms with Gasteiger partial charge in [0.1, 0.15) is 0 Å². The van der Waals surface area contributed by atoms with Crippen LogP contribution in [0.1, 0.15) is 0 Å². The molecule has 0 bridgehead atoms. The van der Waals surface area contributed by atoms with E-state index in [4.69, 9.17) is 0 Å². The van der Waals surface area contributed by atoms with Crippen molar-refractivity contribution >= 4 is 20.2 Å². The standard InChI is InChI=1S/CH3O.CH3.O.Sn/c1-2;;;/h1H3;1H3;;/q-1;;;+1. The monoisotopic (exact) mass is 182 g/mol. The molecule has 0 spiro atoms. The van der Waals surface area contributed by atoms with Crippen LogP contribution in [0.4, 0.5) is 0 Å². The van der Waals surface area contributed by atoms with Crippen molar-refractivity contribution in [1.82, 2.24) is 0 Å². The Balaban J connectivity index is 2.85. The molecule has 30 valence electrons. The van der Waals surface area contributed by atoms with E-state index in [0.717, 1.165) is 0 Å². The number of hydrogen-bond donors (Lipinski definition) is 0. The molecule has 0 aliphatic carbocycles. The molecule has 0 atom stereocenters. The van der Waals surface area contributed by atoms with Gasteiger partial charge in [-0.25, -0.2) is 0 Å². The third-order valence-electron chi connectivity index (χ3n) is 0.287. The summed E-state index contributed by atoms with van der Waals surface area (Å²) in [5.41, 5.74) is 0. The van der Waals surface area contributed by atoms with Crippen LogP contribution in [-0.2, 0) is 6.15 Å². The number of rotatable bonds is 1. The van der Waals surface area contributed by atoms with Crippen LogP contribution >= 0.6 is 0 Å². The van der Waals surface area contributed by atoms with Gasteiger partial charge in [-0.3, -0.25) is 0 Å². The summed E-state index contributed by atoms with van der Waals surface area (Å²) in [5.74, 6) is 0. The molecule has 0 saturated carbocycles. The molecule has 0 aromatic heterocycles. The summed E-state index contributed by atoms with van der Waals surface area (Å²) in [6.45, 7) is 0. The molecule has 2 nitrogen and oxygen atoms in total. The fourth-order valence-electron chi connectivity index (χ4n) is 0. The maximum absolute atomic E-state index is 9.87. The minimum atomic E-state index is -2.33. The van der Waals surface area contributed by atoms with Crippen LogP contribution < -0.4 is 0 Å². The van der Waals surface area contributed by atoms with Crippen molar-refractivity contribution in [2.45, 2.75) is 4.94 Å². The molecule has 0 heterocycles. The summed E-state index contributed by atoms with van der Waals surface area (Å²) < 4.78 is 14.3. The zero-order valence-electron chi connectivity index (χ0n) is 3.32. The van der Waals surface area contributed by atoms with E-state index in [9.17, 15) is 3.08 Å². The van der Waals surface area contributed by atoms with Crippen LogP contribution in [0.3, 0.4) is 0 Å². The Hall–Kier alpha value is 0.559. The van der Waals surface area contributed by atoms with Gasteiger partial charge in [-0.15, -0.1) is 0 Å². The van der Waals surface area contributed by atoms with Crippen LogP contribution in [0, 0.1) is 0 Å². The second-order valence-electron chi connectivity index (χ2n) is 0.696. The van der Waals surface area contributed by atoms with E-state index in [1.54, 1.807) is 4.94 Å². The average Bonchev–Trinajstić information content (AvgIpc) is 1.38. The SMILES string of the molecule is C[O][Sn]([CH3])=[O]. The van der Waals surface area contributed by atoms with Gasteiger partial charge in [-0.1, -0.05) is 0 Å². The van der Waals surface area contributed by atoms with Gasteiger partial charge in [0.25, 0.3) is 0 Å². The molecule has 0 aliphatic rings. The van der Waals surface area contributed by atoms with Crippen LogP contribution in [0.25, 0.3) is 0 Å². The fraction of sp³-hybridized carbons (Fsp3) is 1.00. The Morgan fingerprint density at radius 2 is 2.00 bits per heavy atom. The molecule has 0 aliphatic heterocycles. The third-order valence-corrected chi connectivity index (χ3v) is 1.93. The number of hydrogen-bond acceptors (Lipinski definition) is 2. The van der Waals surface area contributed by atoms with Gasteiger partial charge in [0.2, 0.25) is 0 Å². The molecule has 0 aromatic carbocycles. The third kappa shape index (κ3) is 4.56.